The van der Waals surface area contributed by atoms with Crippen LogP contribution in [-0.2, 0) is 6.42 Å². The zero-order chi connectivity index (χ0) is 16.7. The number of carbonyl (C=O) groups is 1. The molecule has 1 aliphatic rings. The monoisotopic (exact) mass is 340 g/mol. The Kier molecular flexibility index (Phi) is 3.92. The number of fused-ring (bicyclic) bond motifs is 1. The zero-order valence-corrected chi connectivity index (χ0v) is 14.7. The number of carbonyl (C=O) groups excluding carboxylic acids is 1. The standard InChI is InChI=1S/C18H20N4OS/c1-3-12-5-4-6-14-15(9-19-17(12)14)16(23)10-24-18-21-20-11(2)22(18)13-7-8-13/h4-6,9,13,19H,3,7-8,10H2,1-2H3. The van der Waals surface area contributed by atoms with Gasteiger partial charge in [-0.25, -0.2) is 0 Å². The zero-order valence-electron chi connectivity index (χ0n) is 13.9. The lowest BCUT2D eigenvalue weighted by atomic mass is 10.1. The van der Waals surface area contributed by atoms with Gasteiger partial charge in [0, 0.05) is 28.7 Å². The first kappa shape index (κ1) is 15.4. The molecule has 1 N–H and O–H groups in total. The van der Waals surface area contributed by atoms with E-state index in [0.717, 1.165) is 33.9 Å². The number of para-hydroxylation sites is 1. The van der Waals surface area contributed by atoms with Crippen LogP contribution in [0.15, 0.2) is 29.6 Å². The second kappa shape index (κ2) is 6.09. The highest BCUT2D eigenvalue weighted by Crippen LogP contribution is 2.38. The largest absolute Gasteiger partial charge is 0.360 e. The highest BCUT2D eigenvalue weighted by Gasteiger charge is 2.28. The van der Waals surface area contributed by atoms with Crippen molar-refractivity contribution in [3.05, 3.63) is 41.3 Å². The number of Topliss-reactive ketones (excluding diaryl/α,β-unsaturated/α-hetero) is 1. The Balaban J connectivity index is 1.55. The molecule has 0 unspecified atom stereocenters. The normalized spacial score (nSPS) is 14.4. The summed E-state index contributed by atoms with van der Waals surface area (Å²) in [6.45, 7) is 4.10. The van der Waals surface area contributed by atoms with E-state index >= 15 is 0 Å². The van der Waals surface area contributed by atoms with Crippen molar-refractivity contribution in [2.75, 3.05) is 5.75 Å². The van der Waals surface area contributed by atoms with Crippen molar-refractivity contribution in [2.45, 2.75) is 44.3 Å². The smallest absolute Gasteiger partial charge is 0.191 e. The summed E-state index contributed by atoms with van der Waals surface area (Å²) in [7, 11) is 0. The van der Waals surface area contributed by atoms with E-state index < -0.39 is 0 Å². The van der Waals surface area contributed by atoms with Crippen molar-refractivity contribution in [3.63, 3.8) is 0 Å². The van der Waals surface area contributed by atoms with Crippen molar-refractivity contribution in [3.8, 4) is 0 Å². The Bertz CT molecular complexity index is 907. The number of aromatic nitrogens is 4. The number of nitrogens with zero attached hydrogens (tertiary/aromatic N) is 3. The van der Waals surface area contributed by atoms with Crippen molar-refractivity contribution in [1.82, 2.24) is 19.7 Å². The van der Waals surface area contributed by atoms with Crippen LogP contribution >= 0.6 is 11.8 Å². The predicted octanol–water partition coefficient (Wildman–Crippen LogP) is 3.94. The molecule has 0 saturated heterocycles. The van der Waals surface area contributed by atoms with Gasteiger partial charge in [-0.2, -0.15) is 0 Å². The lowest BCUT2D eigenvalue weighted by Crippen LogP contribution is -2.04. The minimum atomic E-state index is 0.127. The van der Waals surface area contributed by atoms with Gasteiger partial charge in [0.1, 0.15) is 5.82 Å². The van der Waals surface area contributed by atoms with Gasteiger partial charge in [0.15, 0.2) is 10.9 Å². The van der Waals surface area contributed by atoms with Crippen LogP contribution in [0.5, 0.6) is 0 Å². The predicted molar refractivity (Wildman–Crippen MR) is 95.8 cm³/mol. The molecule has 0 aliphatic heterocycles. The Morgan fingerprint density at radius 1 is 1.38 bits per heavy atom. The molecular weight excluding hydrogens is 320 g/mol. The number of ketones is 1. The van der Waals surface area contributed by atoms with E-state index in [2.05, 4.69) is 32.7 Å². The lowest BCUT2D eigenvalue weighted by molar-refractivity contribution is 0.102. The molecule has 0 spiro atoms. The van der Waals surface area contributed by atoms with Crippen LogP contribution in [0.4, 0.5) is 0 Å². The quantitative estimate of drug-likeness (QED) is 0.545. The number of nitrogens with one attached hydrogen (secondary N) is 1. The molecule has 124 valence electrons. The van der Waals surface area contributed by atoms with E-state index in [9.17, 15) is 4.79 Å². The lowest BCUT2D eigenvalue weighted by Gasteiger charge is -2.05. The van der Waals surface area contributed by atoms with Gasteiger partial charge in [0.05, 0.1) is 5.75 Å². The molecule has 2 aromatic heterocycles. The number of thioether (sulfide) groups is 1. The molecule has 24 heavy (non-hydrogen) atoms. The maximum atomic E-state index is 12.7. The highest BCUT2D eigenvalue weighted by atomic mass is 32.2. The van der Waals surface area contributed by atoms with Gasteiger partial charge in [-0.3, -0.25) is 4.79 Å². The molecule has 1 aromatic carbocycles. The molecule has 0 amide bonds. The fraction of sp³-hybridized carbons (Fsp3) is 0.389. The fourth-order valence-corrected chi connectivity index (χ4v) is 4.09. The van der Waals surface area contributed by atoms with Gasteiger partial charge in [0.25, 0.3) is 0 Å². The van der Waals surface area contributed by atoms with E-state index in [4.69, 9.17) is 0 Å². The summed E-state index contributed by atoms with van der Waals surface area (Å²) in [6, 6.07) is 6.66. The Morgan fingerprint density at radius 2 is 2.21 bits per heavy atom. The van der Waals surface area contributed by atoms with Crippen LogP contribution in [0.25, 0.3) is 10.9 Å². The van der Waals surface area contributed by atoms with E-state index in [1.165, 1.54) is 30.2 Å². The number of H-pyrrole nitrogens is 1. The summed E-state index contributed by atoms with van der Waals surface area (Å²) in [4.78, 5) is 16.0. The van der Waals surface area contributed by atoms with E-state index in [0.29, 0.717) is 11.8 Å². The van der Waals surface area contributed by atoms with Crippen molar-refractivity contribution >= 4 is 28.4 Å². The highest BCUT2D eigenvalue weighted by molar-refractivity contribution is 7.99. The number of aromatic amines is 1. The molecule has 3 aromatic rings. The number of benzene rings is 1. The van der Waals surface area contributed by atoms with Crippen LogP contribution in [0.3, 0.4) is 0 Å². The summed E-state index contributed by atoms with van der Waals surface area (Å²) in [5.41, 5.74) is 3.08. The van der Waals surface area contributed by atoms with Crippen molar-refractivity contribution < 1.29 is 4.79 Å². The van der Waals surface area contributed by atoms with Gasteiger partial charge < -0.3 is 9.55 Å². The Morgan fingerprint density at radius 3 is 2.96 bits per heavy atom. The van der Waals surface area contributed by atoms with E-state index in [1.807, 2.05) is 25.3 Å². The third-order valence-corrected chi connectivity index (χ3v) is 5.51. The third kappa shape index (κ3) is 2.65. The first-order chi connectivity index (χ1) is 11.7. The summed E-state index contributed by atoms with van der Waals surface area (Å²) >= 11 is 1.49. The minimum absolute atomic E-state index is 0.127. The van der Waals surface area contributed by atoms with Gasteiger partial charge in [-0.15, -0.1) is 10.2 Å². The second-order valence-electron chi connectivity index (χ2n) is 6.24. The van der Waals surface area contributed by atoms with Crippen LogP contribution in [-0.4, -0.2) is 31.3 Å². The molecule has 4 rings (SSSR count). The van der Waals surface area contributed by atoms with Crippen LogP contribution in [0.2, 0.25) is 0 Å². The third-order valence-electron chi connectivity index (χ3n) is 4.56. The Labute approximate surface area is 144 Å². The second-order valence-corrected chi connectivity index (χ2v) is 7.18. The van der Waals surface area contributed by atoms with Gasteiger partial charge in [-0.05, 0) is 31.7 Å². The molecule has 5 nitrogen and oxygen atoms in total. The van der Waals surface area contributed by atoms with E-state index in [1.54, 1.807) is 0 Å². The minimum Gasteiger partial charge on any atom is -0.360 e. The SMILES string of the molecule is CCc1cccc2c(C(=O)CSc3nnc(C)n3C3CC3)c[nH]c12. The molecule has 2 heterocycles. The molecule has 6 heteroatoms. The first-order valence-electron chi connectivity index (χ1n) is 8.35. The van der Waals surface area contributed by atoms with E-state index in [-0.39, 0.29) is 5.78 Å². The fourth-order valence-electron chi connectivity index (χ4n) is 3.15. The Hall–Kier alpha value is -2.08. The first-order valence-corrected chi connectivity index (χ1v) is 9.34. The van der Waals surface area contributed by atoms with Crippen LogP contribution in [0.1, 0.15) is 47.6 Å². The maximum absolute atomic E-state index is 12.7. The molecule has 1 fully saturated rings. The number of rotatable bonds is 6. The number of aryl methyl sites for hydroxylation is 2. The van der Waals surface area contributed by atoms with Crippen LogP contribution < -0.4 is 0 Å². The number of hydrogen-bond donors (Lipinski definition) is 1. The van der Waals surface area contributed by atoms with Gasteiger partial charge in [-0.1, -0.05) is 36.9 Å². The molecule has 1 aliphatic carbocycles. The summed E-state index contributed by atoms with van der Waals surface area (Å²) in [5.74, 6) is 1.45. The number of hydrogen-bond acceptors (Lipinski definition) is 4. The average molecular weight is 340 g/mol. The molecular formula is C18H20N4OS. The summed E-state index contributed by atoms with van der Waals surface area (Å²) in [5, 5.41) is 10.3. The van der Waals surface area contributed by atoms with Crippen molar-refractivity contribution in [2.24, 2.45) is 0 Å². The molecule has 0 bridgehead atoms. The van der Waals surface area contributed by atoms with Crippen LogP contribution in [0, 0.1) is 6.92 Å². The van der Waals surface area contributed by atoms with Gasteiger partial charge >= 0.3 is 0 Å². The topological polar surface area (TPSA) is 63.6 Å². The molecule has 1 saturated carbocycles. The maximum Gasteiger partial charge on any atom is 0.191 e. The summed E-state index contributed by atoms with van der Waals surface area (Å²) < 4.78 is 2.17. The summed E-state index contributed by atoms with van der Waals surface area (Å²) in [6.07, 6.45) is 5.15. The molecule has 0 atom stereocenters. The van der Waals surface area contributed by atoms with Crippen molar-refractivity contribution in [1.29, 1.82) is 0 Å². The average Bonchev–Trinajstić information content (AvgIpc) is 3.22. The van der Waals surface area contributed by atoms with Gasteiger partial charge in [0.2, 0.25) is 0 Å². The molecule has 0 radical (unpaired) electrons.